The number of aliphatic carboxylic acids is 1. The summed E-state index contributed by atoms with van der Waals surface area (Å²) in [7, 11) is -3.61. The van der Waals surface area contributed by atoms with Gasteiger partial charge >= 0.3 is 51.7 Å². The van der Waals surface area contributed by atoms with Crippen LogP contribution in [-0.2, 0) is 33.2 Å². The van der Waals surface area contributed by atoms with Crippen LogP contribution in [0, 0.1) is 0 Å². The molecule has 5 nitrogen and oxygen atoms in total. The van der Waals surface area contributed by atoms with Gasteiger partial charge in [0.05, 0.1) is 0 Å². The fraction of sp³-hybridized carbons (Fsp3) is 0.250. The van der Waals surface area contributed by atoms with Gasteiger partial charge in [-0.15, -0.1) is 0 Å². The van der Waals surface area contributed by atoms with Crippen LogP contribution >= 0.6 is 0 Å². The molecule has 0 aromatic rings. The molecule has 0 aliphatic carbocycles. The summed E-state index contributed by atoms with van der Waals surface area (Å²) in [5.41, 5.74) is 0. The van der Waals surface area contributed by atoms with Crippen molar-refractivity contribution in [2.24, 2.45) is 0 Å². The van der Waals surface area contributed by atoms with Crippen LogP contribution in [0.3, 0.4) is 0 Å². The Morgan fingerprint density at radius 2 is 1.82 bits per heavy atom. The van der Waals surface area contributed by atoms with Crippen molar-refractivity contribution in [2.75, 3.05) is 4.35 Å². The van der Waals surface area contributed by atoms with Crippen LogP contribution in [0.5, 0.6) is 0 Å². The fourth-order valence-corrected chi connectivity index (χ4v) is 0. The standard InChI is InChI=1S/C3H4O2.CH3O3S.Zn/c1-2-3(4)5;1-5(2,3)4;/h2H,1H2,(H,4,5);1H2,(H,2,3,4);. The predicted molar refractivity (Wildman–Crippen MR) is 34.2 cm³/mol. The molecule has 0 heterocycles. The van der Waals surface area contributed by atoms with Gasteiger partial charge in [0, 0.05) is 6.08 Å². The molecular weight excluding hydrogens is 225 g/mol. The molecule has 0 aliphatic heterocycles. The fourth-order valence-electron chi connectivity index (χ4n) is 0. The SMILES string of the molecule is C=CC(=O)O.O=S(=O)(O)[CH2][Zn]. The molecule has 0 bridgehead atoms. The molecule has 0 aromatic carbocycles. The first-order chi connectivity index (χ1) is 4.83. The first kappa shape index (κ1) is 13.3. The third kappa shape index (κ3) is 26.0. The van der Waals surface area contributed by atoms with Crippen molar-refractivity contribution in [3.8, 4) is 0 Å². The Balaban J connectivity index is 0. The Morgan fingerprint density at radius 3 is 1.82 bits per heavy atom. The van der Waals surface area contributed by atoms with Gasteiger partial charge in [-0.05, 0) is 0 Å². The van der Waals surface area contributed by atoms with Crippen molar-refractivity contribution in [1.29, 1.82) is 0 Å². The molecule has 0 atom stereocenters. The van der Waals surface area contributed by atoms with E-state index in [2.05, 4.69) is 6.58 Å². The molecule has 7 heteroatoms. The van der Waals surface area contributed by atoms with Crippen molar-refractivity contribution >= 4 is 16.1 Å². The average Bonchev–Trinajstić information content (AvgIpc) is 1.88. The number of rotatable bonds is 2. The maximum absolute atomic E-state index is 9.59. The Bertz CT molecular complexity index is 219. The molecular formula is C4H7O5SZn. The van der Waals surface area contributed by atoms with E-state index in [-0.39, 0.29) is 4.35 Å². The van der Waals surface area contributed by atoms with Crippen molar-refractivity contribution in [2.45, 2.75) is 0 Å². The van der Waals surface area contributed by atoms with Crippen molar-refractivity contribution in [1.82, 2.24) is 0 Å². The van der Waals surface area contributed by atoms with Crippen LogP contribution in [-0.4, -0.2) is 28.4 Å². The van der Waals surface area contributed by atoms with E-state index in [4.69, 9.17) is 9.66 Å². The quantitative estimate of drug-likeness (QED) is 0.385. The molecule has 0 saturated heterocycles. The second kappa shape index (κ2) is 6.45. The Labute approximate surface area is 74.5 Å². The first-order valence-electron chi connectivity index (χ1n) is 2.43. The third-order valence-electron chi connectivity index (χ3n) is 0.433. The zero-order valence-corrected chi connectivity index (χ0v) is 9.51. The second-order valence-electron chi connectivity index (χ2n) is 1.33. The van der Waals surface area contributed by atoms with E-state index >= 15 is 0 Å². The zero-order valence-electron chi connectivity index (χ0n) is 5.73. The summed E-state index contributed by atoms with van der Waals surface area (Å²) in [5, 5.41) is 7.60. The topological polar surface area (TPSA) is 91.7 Å². The van der Waals surface area contributed by atoms with E-state index in [1.165, 1.54) is 0 Å². The summed E-state index contributed by atoms with van der Waals surface area (Å²) < 4.78 is 26.9. The van der Waals surface area contributed by atoms with Crippen LogP contribution < -0.4 is 0 Å². The van der Waals surface area contributed by atoms with E-state index in [1.54, 1.807) is 0 Å². The minimum absolute atomic E-state index is 0.0764. The molecule has 0 spiro atoms. The summed E-state index contributed by atoms with van der Waals surface area (Å²) >= 11 is 0.596. The van der Waals surface area contributed by atoms with E-state index in [0.29, 0.717) is 18.3 Å². The maximum atomic E-state index is 9.59. The second-order valence-corrected chi connectivity index (χ2v) is 5.47. The summed E-state index contributed by atoms with van der Waals surface area (Å²) in [6.07, 6.45) is 0.833. The summed E-state index contributed by atoms with van der Waals surface area (Å²) in [6, 6.07) is 0. The van der Waals surface area contributed by atoms with E-state index in [0.717, 1.165) is 6.08 Å². The van der Waals surface area contributed by atoms with Crippen LogP contribution in [0.25, 0.3) is 0 Å². The predicted octanol–water partition coefficient (Wildman–Crippen LogP) is -0.364. The molecule has 0 fully saturated rings. The normalized spacial score (nSPS) is 9.36. The van der Waals surface area contributed by atoms with Crippen molar-refractivity contribution in [3.05, 3.63) is 12.7 Å². The molecule has 0 radical (unpaired) electrons. The van der Waals surface area contributed by atoms with Gasteiger partial charge in [0.25, 0.3) is 0 Å². The first-order valence-corrected chi connectivity index (χ1v) is 6.14. The molecule has 0 aliphatic rings. The van der Waals surface area contributed by atoms with Gasteiger partial charge in [0.15, 0.2) is 0 Å². The van der Waals surface area contributed by atoms with Gasteiger partial charge in [-0.25, -0.2) is 4.79 Å². The van der Waals surface area contributed by atoms with Gasteiger partial charge in [-0.3, -0.25) is 0 Å². The van der Waals surface area contributed by atoms with Gasteiger partial charge < -0.3 is 5.11 Å². The number of hydrogen-bond donors (Lipinski definition) is 2. The van der Waals surface area contributed by atoms with Gasteiger partial charge in [0.1, 0.15) is 0 Å². The number of carbonyl (C=O) groups is 1. The summed E-state index contributed by atoms with van der Waals surface area (Å²) in [6.45, 7) is 2.96. The van der Waals surface area contributed by atoms with Gasteiger partial charge in [0.2, 0.25) is 0 Å². The molecule has 61 valence electrons. The molecule has 11 heavy (non-hydrogen) atoms. The Kier molecular flexibility index (Phi) is 7.83. The van der Waals surface area contributed by atoms with E-state index < -0.39 is 16.1 Å². The third-order valence-corrected chi connectivity index (χ3v) is 4.20. The van der Waals surface area contributed by atoms with Crippen molar-refractivity contribution < 1.29 is 41.2 Å². The van der Waals surface area contributed by atoms with Gasteiger partial charge in [-0.2, -0.15) is 0 Å². The monoisotopic (exact) mass is 231 g/mol. The molecule has 2 N–H and O–H groups in total. The number of carboxylic acids is 1. The van der Waals surface area contributed by atoms with E-state index in [1.807, 2.05) is 0 Å². The Morgan fingerprint density at radius 1 is 1.64 bits per heavy atom. The van der Waals surface area contributed by atoms with Crippen LogP contribution in [0.4, 0.5) is 0 Å². The average molecular weight is 233 g/mol. The Hall–Kier alpha value is -0.257. The van der Waals surface area contributed by atoms with E-state index in [9.17, 15) is 13.2 Å². The van der Waals surface area contributed by atoms with Crippen molar-refractivity contribution in [3.63, 3.8) is 0 Å². The molecule has 0 aromatic heterocycles. The zero-order chi connectivity index (χ0) is 9.49. The minimum atomic E-state index is -3.61. The van der Waals surface area contributed by atoms with Crippen LogP contribution in [0.1, 0.15) is 0 Å². The molecule has 0 unspecified atom stereocenters. The summed E-state index contributed by atoms with van der Waals surface area (Å²) in [4.78, 5) is 9.25. The van der Waals surface area contributed by atoms with Crippen LogP contribution in [0.15, 0.2) is 12.7 Å². The van der Waals surface area contributed by atoms with Crippen LogP contribution in [0.2, 0.25) is 0 Å². The number of carboxylic acid groups (broad SMARTS) is 1. The molecule has 0 saturated carbocycles. The molecule has 0 rings (SSSR count). The number of hydrogen-bond acceptors (Lipinski definition) is 3. The van der Waals surface area contributed by atoms with Gasteiger partial charge in [-0.1, -0.05) is 6.58 Å². The molecule has 0 amide bonds. The summed E-state index contributed by atoms with van der Waals surface area (Å²) in [5.74, 6) is -0.981.